The summed E-state index contributed by atoms with van der Waals surface area (Å²) in [6, 6.07) is 10.7. The molecule has 3 rings (SSSR count). The normalized spacial score (nSPS) is 12.3. The predicted molar refractivity (Wildman–Crippen MR) is 98.5 cm³/mol. The molecule has 0 unspecified atom stereocenters. The first-order valence-electron chi connectivity index (χ1n) is 8.30. The monoisotopic (exact) mass is 324 g/mol. The first-order valence-corrected chi connectivity index (χ1v) is 8.30. The molecule has 0 spiro atoms. The molecule has 0 aliphatic carbocycles. The van der Waals surface area contributed by atoms with Gasteiger partial charge in [0.1, 0.15) is 11.6 Å². The molecule has 1 aromatic carbocycles. The second-order valence-electron chi connectivity index (χ2n) is 6.02. The fourth-order valence-electron chi connectivity index (χ4n) is 2.66. The first kappa shape index (κ1) is 16.2. The Morgan fingerprint density at radius 2 is 1.96 bits per heavy atom. The minimum atomic E-state index is 0.319. The van der Waals surface area contributed by atoms with Crippen molar-refractivity contribution in [3.05, 3.63) is 42.4 Å². The van der Waals surface area contributed by atoms with Crippen LogP contribution in [0.2, 0.25) is 0 Å². The summed E-state index contributed by atoms with van der Waals surface area (Å²) in [4.78, 5) is 11.5. The van der Waals surface area contributed by atoms with Gasteiger partial charge < -0.3 is 10.2 Å². The van der Waals surface area contributed by atoms with Crippen molar-refractivity contribution >= 4 is 22.5 Å². The zero-order valence-electron chi connectivity index (χ0n) is 14.7. The lowest BCUT2D eigenvalue weighted by atomic mass is 10.2. The van der Waals surface area contributed by atoms with Crippen LogP contribution in [-0.4, -0.2) is 39.4 Å². The summed E-state index contributed by atoms with van der Waals surface area (Å²) in [5.41, 5.74) is 2.07. The summed E-state index contributed by atoms with van der Waals surface area (Å²) in [6.07, 6.45) is 2.62. The third kappa shape index (κ3) is 3.18. The lowest BCUT2D eigenvalue weighted by Gasteiger charge is -2.27. The van der Waals surface area contributed by atoms with E-state index < -0.39 is 0 Å². The van der Waals surface area contributed by atoms with E-state index in [9.17, 15) is 0 Å². The highest BCUT2D eigenvalue weighted by Crippen LogP contribution is 2.20. The van der Waals surface area contributed by atoms with Crippen LogP contribution < -0.4 is 10.2 Å². The number of hydrogen-bond donors (Lipinski definition) is 1. The maximum Gasteiger partial charge on any atom is 0.163 e. The summed E-state index contributed by atoms with van der Waals surface area (Å²) in [5.74, 6) is 1.69. The van der Waals surface area contributed by atoms with Gasteiger partial charge in [0, 0.05) is 38.8 Å². The molecule has 2 heterocycles. The number of anilines is 2. The van der Waals surface area contributed by atoms with Crippen LogP contribution in [0.3, 0.4) is 0 Å². The van der Waals surface area contributed by atoms with Gasteiger partial charge >= 0.3 is 0 Å². The maximum atomic E-state index is 4.64. The van der Waals surface area contributed by atoms with Gasteiger partial charge in [-0.25, -0.2) is 9.97 Å². The van der Waals surface area contributed by atoms with Crippen LogP contribution in [0.4, 0.5) is 11.5 Å². The van der Waals surface area contributed by atoms with Gasteiger partial charge in [-0.05, 0) is 19.1 Å². The van der Waals surface area contributed by atoms with Gasteiger partial charge in [0.25, 0.3) is 0 Å². The van der Waals surface area contributed by atoms with Crippen molar-refractivity contribution in [3.8, 4) is 0 Å². The Balaban J connectivity index is 1.78. The van der Waals surface area contributed by atoms with Crippen molar-refractivity contribution in [2.45, 2.75) is 26.3 Å². The molecule has 3 aromatic rings. The highest BCUT2D eigenvalue weighted by Gasteiger charge is 2.14. The van der Waals surface area contributed by atoms with Gasteiger partial charge in [-0.2, -0.15) is 5.10 Å². The number of para-hydroxylation sites is 1. The van der Waals surface area contributed by atoms with E-state index in [1.807, 2.05) is 19.3 Å². The van der Waals surface area contributed by atoms with E-state index in [2.05, 4.69) is 70.4 Å². The van der Waals surface area contributed by atoms with Gasteiger partial charge in [-0.1, -0.05) is 25.1 Å². The molecular formula is C18H24N6. The summed E-state index contributed by atoms with van der Waals surface area (Å²) >= 11 is 0. The Kier molecular flexibility index (Phi) is 4.64. The van der Waals surface area contributed by atoms with E-state index in [4.69, 9.17) is 0 Å². The smallest absolute Gasteiger partial charge is 0.163 e. The number of nitrogens with zero attached hydrogens (tertiary/aromatic N) is 5. The molecule has 0 radical (unpaired) electrons. The van der Waals surface area contributed by atoms with Gasteiger partial charge in [-0.15, -0.1) is 0 Å². The summed E-state index contributed by atoms with van der Waals surface area (Å²) < 4.78 is 1.79. The highest BCUT2D eigenvalue weighted by molar-refractivity contribution is 5.86. The fourth-order valence-corrected chi connectivity index (χ4v) is 2.66. The molecule has 2 aromatic heterocycles. The largest absolute Gasteiger partial charge is 0.370 e. The average molecular weight is 324 g/mol. The molecule has 0 fully saturated rings. The van der Waals surface area contributed by atoms with Crippen LogP contribution in [0.5, 0.6) is 0 Å². The minimum absolute atomic E-state index is 0.319. The number of fused-ring (bicyclic) bond motifs is 1. The Hall–Kier alpha value is -2.63. The Morgan fingerprint density at radius 1 is 1.21 bits per heavy atom. The van der Waals surface area contributed by atoms with Crippen LogP contribution in [0.15, 0.2) is 36.5 Å². The van der Waals surface area contributed by atoms with E-state index in [0.29, 0.717) is 6.04 Å². The highest BCUT2D eigenvalue weighted by atomic mass is 15.3. The molecule has 0 saturated heterocycles. The Labute approximate surface area is 142 Å². The quantitative estimate of drug-likeness (QED) is 0.755. The van der Waals surface area contributed by atoms with Crippen molar-refractivity contribution in [2.24, 2.45) is 7.05 Å². The second kappa shape index (κ2) is 6.86. The summed E-state index contributed by atoms with van der Waals surface area (Å²) in [5, 5.41) is 8.75. The molecule has 6 nitrogen and oxygen atoms in total. The van der Waals surface area contributed by atoms with Crippen LogP contribution >= 0.6 is 0 Å². The lowest BCUT2D eigenvalue weighted by Crippen LogP contribution is -2.35. The van der Waals surface area contributed by atoms with E-state index >= 15 is 0 Å². The molecule has 0 amide bonds. The van der Waals surface area contributed by atoms with E-state index in [1.165, 1.54) is 5.69 Å². The minimum Gasteiger partial charge on any atom is -0.370 e. The molecule has 1 N–H and O–H groups in total. The number of rotatable bonds is 6. The first-order chi connectivity index (χ1) is 11.6. The number of aryl methyl sites for hydroxylation is 2. The zero-order chi connectivity index (χ0) is 17.1. The topological polar surface area (TPSA) is 58.9 Å². The van der Waals surface area contributed by atoms with Crippen LogP contribution in [0.25, 0.3) is 11.0 Å². The molecular weight excluding hydrogens is 300 g/mol. The van der Waals surface area contributed by atoms with Gasteiger partial charge in [0.05, 0.1) is 11.6 Å². The molecule has 0 aliphatic heterocycles. The van der Waals surface area contributed by atoms with E-state index in [-0.39, 0.29) is 0 Å². The van der Waals surface area contributed by atoms with Gasteiger partial charge in [-0.3, -0.25) is 4.68 Å². The summed E-state index contributed by atoms with van der Waals surface area (Å²) in [7, 11) is 4.02. The maximum absolute atomic E-state index is 4.64. The van der Waals surface area contributed by atoms with Crippen LogP contribution in [0, 0.1) is 0 Å². The Bertz CT molecular complexity index is 811. The zero-order valence-corrected chi connectivity index (χ0v) is 14.7. The third-order valence-corrected chi connectivity index (χ3v) is 4.34. The fraction of sp³-hybridized carbons (Fsp3) is 0.389. The number of hydrogen-bond acceptors (Lipinski definition) is 5. The van der Waals surface area contributed by atoms with Gasteiger partial charge in [0.2, 0.25) is 0 Å². The van der Waals surface area contributed by atoms with Crippen molar-refractivity contribution in [1.29, 1.82) is 0 Å². The predicted octanol–water partition coefficient (Wildman–Crippen LogP) is 2.86. The number of nitrogens with one attached hydrogen (secondary N) is 1. The third-order valence-electron chi connectivity index (χ3n) is 4.34. The molecule has 6 heteroatoms. The molecule has 0 saturated carbocycles. The molecule has 1 atom stereocenters. The molecule has 24 heavy (non-hydrogen) atoms. The Morgan fingerprint density at radius 3 is 2.67 bits per heavy atom. The standard InChI is InChI=1S/C18H24N6/c1-5-16-21-17(15-12-20-24(4)18(15)22-16)19-11-13(2)23(3)14-9-7-6-8-10-14/h6-10,12-13H,5,11H2,1-4H3,(H,19,21,22)/t13-/m0/s1. The van der Waals surface area contributed by atoms with Gasteiger partial charge in [0.15, 0.2) is 5.65 Å². The van der Waals surface area contributed by atoms with E-state index in [0.717, 1.165) is 35.6 Å². The number of benzene rings is 1. The molecule has 0 bridgehead atoms. The van der Waals surface area contributed by atoms with Crippen molar-refractivity contribution in [2.75, 3.05) is 23.8 Å². The SMILES string of the molecule is CCc1nc(NC[C@H](C)N(C)c2ccccc2)c2cnn(C)c2n1. The summed E-state index contributed by atoms with van der Waals surface area (Å²) in [6.45, 7) is 5.05. The van der Waals surface area contributed by atoms with Crippen molar-refractivity contribution < 1.29 is 0 Å². The average Bonchev–Trinajstić information content (AvgIpc) is 3.00. The molecule has 126 valence electrons. The number of aromatic nitrogens is 4. The lowest BCUT2D eigenvalue weighted by molar-refractivity contribution is 0.714. The van der Waals surface area contributed by atoms with E-state index in [1.54, 1.807) is 4.68 Å². The number of likely N-dealkylation sites (N-methyl/N-ethyl adjacent to an activating group) is 1. The van der Waals surface area contributed by atoms with Crippen LogP contribution in [0.1, 0.15) is 19.7 Å². The van der Waals surface area contributed by atoms with Crippen LogP contribution in [-0.2, 0) is 13.5 Å². The van der Waals surface area contributed by atoms with Crippen molar-refractivity contribution in [3.63, 3.8) is 0 Å². The second-order valence-corrected chi connectivity index (χ2v) is 6.02. The van der Waals surface area contributed by atoms with Crippen molar-refractivity contribution in [1.82, 2.24) is 19.7 Å². The molecule has 0 aliphatic rings.